The first kappa shape index (κ1) is 17.7. The fourth-order valence-corrected chi connectivity index (χ4v) is 4.63. The largest absolute Gasteiger partial charge is 0.343 e. The maximum Gasteiger partial charge on any atom is 0.197 e. The highest BCUT2D eigenvalue weighted by atomic mass is 16.1. The van der Waals surface area contributed by atoms with Gasteiger partial charge in [-0.05, 0) is 48.5 Å². The highest BCUT2D eigenvalue weighted by Crippen LogP contribution is 2.28. The molecule has 2 aromatic heterocycles. The van der Waals surface area contributed by atoms with Gasteiger partial charge in [0.1, 0.15) is 0 Å². The van der Waals surface area contributed by atoms with E-state index >= 15 is 0 Å². The molecule has 31 heavy (non-hydrogen) atoms. The van der Waals surface area contributed by atoms with Crippen molar-refractivity contribution in [2.75, 3.05) is 0 Å². The number of hydrogen-bond donors (Lipinski definition) is 0. The number of pyridine rings is 2. The van der Waals surface area contributed by atoms with Crippen LogP contribution in [0.4, 0.5) is 0 Å². The molecule has 6 aromatic rings. The van der Waals surface area contributed by atoms with Crippen molar-refractivity contribution < 1.29 is 0 Å². The van der Waals surface area contributed by atoms with E-state index in [9.17, 15) is 9.59 Å². The first-order valence-corrected chi connectivity index (χ1v) is 10.2. The Morgan fingerprint density at radius 2 is 1.03 bits per heavy atom. The average Bonchev–Trinajstić information content (AvgIpc) is 2.83. The number of benzene rings is 4. The fourth-order valence-electron chi connectivity index (χ4n) is 4.63. The molecule has 0 saturated carbocycles. The van der Waals surface area contributed by atoms with Crippen LogP contribution < -0.4 is 10.9 Å². The van der Waals surface area contributed by atoms with Gasteiger partial charge in [-0.3, -0.25) is 9.59 Å². The minimum atomic E-state index is -0.0275. The molecule has 0 unspecified atom stereocenters. The highest BCUT2D eigenvalue weighted by Gasteiger charge is 2.16. The molecular formula is C27H18N2O2. The predicted octanol–water partition coefficient (Wildman–Crippen LogP) is 5.15. The van der Waals surface area contributed by atoms with Gasteiger partial charge in [0.25, 0.3) is 0 Å². The van der Waals surface area contributed by atoms with E-state index in [1.54, 1.807) is 0 Å². The van der Waals surface area contributed by atoms with E-state index in [0.29, 0.717) is 21.5 Å². The Morgan fingerprint density at radius 1 is 0.516 bits per heavy atom. The maximum absolute atomic E-state index is 13.5. The molecule has 148 valence electrons. The molecule has 0 bridgehead atoms. The van der Waals surface area contributed by atoms with Gasteiger partial charge in [0, 0.05) is 34.3 Å². The summed E-state index contributed by atoms with van der Waals surface area (Å²) in [5.74, 6) is 0. The van der Waals surface area contributed by atoms with Gasteiger partial charge < -0.3 is 9.13 Å². The summed E-state index contributed by atoms with van der Waals surface area (Å²) in [6.07, 6.45) is 0. The van der Waals surface area contributed by atoms with E-state index in [0.717, 1.165) is 27.8 Å². The Hall–Kier alpha value is -4.18. The van der Waals surface area contributed by atoms with Crippen LogP contribution in [0.5, 0.6) is 0 Å². The second-order valence-corrected chi connectivity index (χ2v) is 7.81. The number of rotatable bonds is 1. The van der Waals surface area contributed by atoms with Crippen molar-refractivity contribution in [3.63, 3.8) is 0 Å². The fraction of sp³-hybridized carbons (Fsp3) is 0.0370. The maximum atomic E-state index is 13.5. The van der Waals surface area contributed by atoms with E-state index < -0.39 is 0 Å². The van der Waals surface area contributed by atoms with Crippen LogP contribution in [0.1, 0.15) is 0 Å². The van der Waals surface area contributed by atoms with Gasteiger partial charge in [0.05, 0.1) is 22.1 Å². The third-order valence-electron chi connectivity index (χ3n) is 6.12. The van der Waals surface area contributed by atoms with Gasteiger partial charge in [-0.1, -0.05) is 42.5 Å². The van der Waals surface area contributed by atoms with Gasteiger partial charge in [-0.25, -0.2) is 0 Å². The summed E-state index contributed by atoms with van der Waals surface area (Å²) in [4.78, 5) is 26.9. The zero-order valence-corrected chi connectivity index (χ0v) is 16.9. The normalized spacial score (nSPS) is 11.6. The van der Waals surface area contributed by atoms with Gasteiger partial charge in [-0.2, -0.15) is 0 Å². The molecule has 0 N–H and O–H groups in total. The molecule has 0 radical (unpaired) electrons. The third-order valence-corrected chi connectivity index (χ3v) is 6.12. The van der Waals surface area contributed by atoms with Gasteiger partial charge in [0.2, 0.25) is 0 Å². The Labute approximate surface area is 177 Å². The number of aryl methyl sites for hydroxylation is 1. The van der Waals surface area contributed by atoms with E-state index in [1.165, 1.54) is 0 Å². The van der Waals surface area contributed by atoms with Gasteiger partial charge in [-0.15, -0.1) is 0 Å². The second-order valence-electron chi connectivity index (χ2n) is 7.81. The van der Waals surface area contributed by atoms with Gasteiger partial charge >= 0.3 is 0 Å². The van der Waals surface area contributed by atoms with Crippen LogP contribution in [0.25, 0.3) is 49.3 Å². The molecule has 4 nitrogen and oxygen atoms in total. The van der Waals surface area contributed by atoms with Crippen molar-refractivity contribution in [1.82, 2.24) is 9.13 Å². The quantitative estimate of drug-likeness (QED) is 0.357. The molecule has 0 spiro atoms. The average molecular weight is 402 g/mol. The minimum absolute atomic E-state index is 0.0224. The van der Waals surface area contributed by atoms with Crippen molar-refractivity contribution in [2.24, 2.45) is 7.05 Å². The molecule has 0 fully saturated rings. The van der Waals surface area contributed by atoms with Crippen LogP contribution in [0.2, 0.25) is 0 Å². The number of para-hydroxylation sites is 3. The van der Waals surface area contributed by atoms with Crippen LogP contribution in [0, 0.1) is 0 Å². The molecule has 2 heterocycles. The molecule has 6 rings (SSSR count). The second kappa shape index (κ2) is 6.41. The van der Waals surface area contributed by atoms with Crippen LogP contribution in [0.3, 0.4) is 0 Å². The molecule has 0 amide bonds. The Morgan fingerprint density at radius 3 is 1.74 bits per heavy atom. The van der Waals surface area contributed by atoms with E-state index in [2.05, 4.69) is 4.57 Å². The monoisotopic (exact) mass is 402 g/mol. The van der Waals surface area contributed by atoms with Crippen molar-refractivity contribution in [3.05, 3.63) is 111 Å². The summed E-state index contributed by atoms with van der Waals surface area (Å²) in [7, 11) is 1.94. The molecule has 4 heteroatoms. The number of hydrogen-bond acceptors (Lipinski definition) is 2. The molecular weight excluding hydrogens is 384 g/mol. The van der Waals surface area contributed by atoms with Crippen LogP contribution in [0.15, 0.2) is 101 Å². The van der Waals surface area contributed by atoms with Crippen molar-refractivity contribution in [3.8, 4) is 5.69 Å². The lowest BCUT2D eigenvalue weighted by atomic mass is 10.0. The van der Waals surface area contributed by atoms with E-state index in [-0.39, 0.29) is 10.9 Å². The topological polar surface area (TPSA) is 44.0 Å². The van der Waals surface area contributed by atoms with E-state index in [4.69, 9.17) is 0 Å². The summed E-state index contributed by atoms with van der Waals surface area (Å²) in [6.45, 7) is 0. The molecule has 4 aromatic carbocycles. The lowest BCUT2D eigenvalue weighted by molar-refractivity contribution is 1.00. The zero-order chi connectivity index (χ0) is 21.1. The molecule has 0 aliphatic carbocycles. The summed E-state index contributed by atoms with van der Waals surface area (Å²) in [6, 6.07) is 28.9. The lowest BCUT2D eigenvalue weighted by Gasteiger charge is -2.17. The number of aromatic nitrogens is 2. The first-order valence-electron chi connectivity index (χ1n) is 10.2. The molecule has 0 saturated heterocycles. The van der Waals surface area contributed by atoms with E-state index in [1.807, 2.05) is 103 Å². The van der Waals surface area contributed by atoms with Crippen molar-refractivity contribution in [2.45, 2.75) is 0 Å². The summed E-state index contributed by atoms with van der Waals surface area (Å²) in [5.41, 5.74) is 4.05. The molecule has 0 aliphatic heterocycles. The van der Waals surface area contributed by atoms with Crippen LogP contribution in [-0.2, 0) is 7.05 Å². The summed E-state index contributed by atoms with van der Waals surface area (Å²) < 4.78 is 4.06. The summed E-state index contributed by atoms with van der Waals surface area (Å²) in [5, 5.41) is 2.53. The Balaban J connectivity index is 1.92. The Bertz CT molecular complexity index is 1780. The van der Waals surface area contributed by atoms with Crippen LogP contribution >= 0.6 is 0 Å². The predicted molar refractivity (Wildman–Crippen MR) is 127 cm³/mol. The smallest absolute Gasteiger partial charge is 0.197 e. The Kier molecular flexibility index (Phi) is 3.65. The standard InChI is InChI=1S/C27H18N2O2/c1-28-22-13-7-5-11-18(22)26(30)20-16-25-21(15-24(20)28)27(31)19-12-6-8-14-23(19)29(25)17-9-3-2-4-10-17/h2-16H,1H3. The van der Waals surface area contributed by atoms with Crippen molar-refractivity contribution >= 4 is 43.6 Å². The van der Waals surface area contributed by atoms with Gasteiger partial charge in [0.15, 0.2) is 10.9 Å². The molecule has 0 atom stereocenters. The number of nitrogens with zero attached hydrogens (tertiary/aromatic N) is 2. The molecule has 0 aliphatic rings. The minimum Gasteiger partial charge on any atom is -0.343 e. The van der Waals surface area contributed by atoms with Crippen LogP contribution in [-0.4, -0.2) is 9.13 Å². The summed E-state index contributed by atoms with van der Waals surface area (Å²) >= 11 is 0. The van der Waals surface area contributed by atoms with Crippen molar-refractivity contribution in [1.29, 1.82) is 0 Å². The SMILES string of the molecule is Cn1c2ccccc2c(=O)c2cc3c(cc21)c(=O)c1ccccc1n3-c1ccccc1. The highest BCUT2D eigenvalue weighted by molar-refractivity contribution is 6.04. The first-order chi connectivity index (χ1) is 15.1. The lowest BCUT2D eigenvalue weighted by Crippen LogP contribution is -2.14. The third kappa shape index (κ3) is 2.42. The number of fused-ring (bicyclic) bond motifs is 4. The zero-order valence-electron chi connectivity index (χ0n) is 16.9.